The van der Waals surface area contributed by atoms with E-state index in [1.54, 1.807) is 0 Å². The molecule has 0 aliphatic rings. The van der Waals surface area contributed by atoms with Crippen LogP contribution in [0.1, 0.15) is 29.3 Å². The maximum Gasteiger partial charge on any atom is 0.217 e. The number of nitrogens with zero attached hydrogens (tertiary/aromatic N) is 2. The predicted molar refractivity (Wildman–Crippen MR) is 118 cm³/mol. The lowest BCUT2D eigenvalue weighted by molar-refractivity contribution is -0.118. The summed E-state index contributed by atoms with van der Waals surface area (Å²) in [5, 5.41) is 2.57. The van der Waals surface area contributed by atoms with Crippen LogP contribution in [0.3, 0.4) is 0 Å². The molecule has 2 aromatic heterocycles. The topological polar surface area (TPSA) is 51.3 Å². The minimum Gasteiger partial charge on any atom is -0.370 e. The summed E-state index contributed by atoms with van der Waals surface area (Å²) >= 11 is 1.83. The first-order chi connectivity index (χ1) is 13.5. The van der Waals surface area contributed by atoms with Crippen molar-refractivity contribution in [2.45, 2.75) is 25.4 Å². The van der Waals surface area contributed by atoms with Gasteiger partial charge in [0.1, 0.15) is 4.83 Å². The van der Waals surface area contributed by atoms with Crippen LogP contribution in [0.5, 0.6) is 0 Å². The first kappa shape index (κ1) is 18.7. The molecule has 144 valence electrons. The first-order valence-electron chi connectivity index (χ1n) is 9.54. The average molecular weight is 392 g/mol. The number of aromatic nitrogens is 1. The Morgan fingerprint density at radius 3 is 2.50 bits per heavy atom. The Bertz CT molecular complexity index is 1110. The van der Waals surface area contributed by atoms with E-state index in [2.05, 4.69) is 84.2 Å². The van der Waals surface area contributed by atoms with E-state index in [4.69, 9.17) is 5.73 Å². The lowest BCUT2D eigenvalue weighted by Gasteiger charge is -2.22. The minimum atomic E-state index is -0.244. The number of carbonyl (C=O) groups excluding carboxylic acids is 1. The molecule has 0 saturated carbocycles. The van der Waals surface area contributed by atoms with Crippen LogP contribution in [-0.4, -0.2) is 29.5 Å². The molecule has 1 atom stereocenters. The lowest BCUT2D eigenvalue weighted by Crippen LogP contribution is -2.21. The number of nitrogens with two attached hydrogens (primary N) is 1. The Morgan fingerprint density at radius 1 is 1.07 bits per heavy atom. The van der Waals surface area contributed by atoms with Crippen molar-refractivity contribution in [3.63, 3.8) is 0 Å². The molecule has 28 heavy (non-hydrogen) atoms. The van der Waals surface area contributed by atoms with Gasteiger partial charge in [-0.2, -0.15) is 0 Å². The van der Waals surface area contributed by atoms with Gasteiger partial charge in [0.25, 0.3) is 0 Å². The van der Waals surface area contributed by atoms with Crippen LogP contribution in [0.25, 0.3) is 21.1 Å². The van der Waals surface area contributed by atoms with Gasteiger partial charge in [-0.05, 0) is 38.2 Å². The number of rotatable bonds is 7. The van der Waals surface area contributed by atoms with Gasteiger partial charge in [-0.15, -0.1) is 11.3 Å². The lowest BCUT2D eigenvalue weighted by atomic mass is 10.1. The van der Waals surface area contributed by atoms with Crippen LogP contribution in [0, 0.1) is 0 Å². The number of benzene rings is 2. The highest BCUT2D eigenvalue weighted by molar-refractivity contribution is 7.19. The molecule has 0 aliphatic heterocycles. The third kappa shape index (κ3) is 3.55. The Morgan fingerprint density at radius 2 is 1.79 bits per heavy atom. The van der Waals surface area contributed by atoms with Crippen molar-refractivity contribution in [3.05, 3.63) is 71.1 Å². The average Bonchev–Trinajstić information content (AvgIpc) is 3.21. The molecule has 1 unspecified atom stereocenters. The van der Waals surface area contributed by atoms with Gasteiger partial charge in [0.2, 0.25) is 5.91 Å². The number of hydrogen-bond donors (Lipinski definition) is 1. The molecule has 0 spiro atoms. The van der Waals surface area contributed by atoms with E-state index in [0.29, 0.717) is 6.42 Å². The number of fused-ring (bicyclic) bond motifs is 3. The van der Waals surface area contributed by atoms with Crippen molar-refractivity contribution >= 4 is 38.4 Å². The Kier molecular flexibility index (Phi) is 5.20. The summed E-state index contributed by atoms with van der Waals surface area (Å²) in [7, 11) is 4.12. The minimum absolute atomic E-state index is 0.189. The van der Waals surface area contributed by atoms with Crippen molar-refractivity contribution in [2.75, 3.05) is 14.1 Å². The Labute approximate surface area is 169 Å². The van der Waals surface area contributed by atoms with E-state index in [0.717, 1.165) is 13.0 Å². The second kappa shape index (κ2) is 7.78. The van der Waals surface area contributed by atoms with Gasteiger partial charge in [-0.25, -0.2) is 0 Å². The van der Waals surface area contributed by atoms with E-state index < -0.39 is 0 Å². The highest BCUT2D eigenvalue weighted by Gasteiger charge is 2.21. The van der Waals surface area contributed by atoms with Gasteiger partial charge in [-0.1, -0.05) is 48.5 Å². The number of thiophene rings is 1. The maximum absolute atomic E-state index is 11.3. The SMILES string of the molecule is CN(C)C(CCC(N)=O)c1cc2c3ccccc3n(Cc3ccccc3)c2s1. The molecule has 0 bridgehead atoms. The highest BCUT2D eigenvalue weighted by Crippen LogP contribution is 2.40. The van der Waals surface area contributed by atoms with E-state index in [1.165, 1.54) is 31.6 Å². The van der Waals surface area contributed by atoms with Crippen LogP contribution in [0.15, 0.2) is 60.7 Å². The van der Waals surface area contributed by atoms with Crippen molar-refractivity contribution in [1.82, 2.24) is 9.47 Å². The Balaban J connectivity index is 1.82. The van der Waals surface area contributed by atoms with Crippen molar-refractivity contribution in [3.8, 4) is 0 Å². The summed E-state index contributed by atoms with van der Waals surface area (Å²) in [4.78, 5) is 16.1. The monoisotopic (exact) mass is 391 g/mol. The normalized spacial score (nSPS) is 12.8. The van der Waals surface area contributed by atoms with Crippen LogP contribution in [-0.2, 0) is 11.3 Å². The smallest absolute Gasteiger partial charge is 0.217 e. The number of amides is 1. The summed E-state index contributed by atoms with van der Waals surface area (Å²) in [5.74, 6) is -0.244. The van der Waals surface area contributed by atoms with Gasteiger partial charge in [-0.3, -0.25) is 4.79 Å². The molecule has 4 rings (SSSR count). The number of primary amides is 1. The van der Waals surface area contributed by atoms with Crippen molar-refractivity contribution in [2.24, 2.45) is 5.73 Å². The molecule has 2 heterocycles. The van der Waals surface area contributed by atoms with Gasteiger partial charge < -0.3 is 15.2 Å². The molecule has 0 fully saturated rings. The summed E-state index contributed by atoms with van der Waals surface area (Å²) in [6, 6.07) is 21.7. The molecule has 2 N–H and O–H groups in total. The molecule has 4 nitrogen and oxygen atoms in total. The van der Waals surface area contributed by atoms with E-state index in [-0.39, 0.29) is 11.9 Å². The third-order valence-electron chi connectivity index (χ3n) is 5.26. The summed E-state index contributed by atoms with van der Waals surface area (Å²) < 4.78 is 2.41. The van der Waals surface area contributed by atoms with Crippen molar-refractivity contribution in [1.29, 1.82) is 0 Å². The van der Waals surface area contributed by atoms with E-state index in [9.17, 15) is 4.79 Å². The molecule has 4 aromatic rings. The van der Waals surface area contributed by atoms with Crippen LogP contribution in [0.4, 0.5) is 0 Å². The largest absolute Gasteiger partial charge is 0.370 e. The van der Waals surface area contributed by atoms with Gasteiger partial charge in [0.05, 0.1) is 5.52 Å². The van der Waals surface area contributed by atoms with Crippen molar-refractivity contribution < 1.29 is 4.79 Å². The summed E-state index contributed by atoms with van der Waals surface area (Å²) in [6.45, 7) is 0.846. The summed E-state index contributed by atoms with van der Waals surface area (Å²) in [5.41, 5.74) is 7.95. The van der Waals surface area contributed by atoms with Crippen LogP contribution < -0.4 is 5.73 Å². The first-order valence-corrected chi connectivity index (χ1v) is 10.4. The number of para-hydroxylation sites is 1. The number of hydrogen-bond acceptors (Lipinski definition) is 3. The Hall–Kier alpha value is -2.63. The quantitative estimate of drug-likeness (QED) is 0.493. The van der Waals surface area contributed by atoms with E-state index >= 15 is 0 Å². The molecule has 2 aromatic carbocycles. The third-order valence-corrected chi connectivity index (χ3v) is 6.52. The standard InChI is InChI=1S/C23H25N3OS/c1-25(2)20(12-13-22(24)27)21-14-18-17-10-6-7-11-19(17)26(23(18)28-21)15-16-8-4-3-5-9-16/h3-11,14,20H,12-13,15H2,1-2H3,(H2,24,27). The molecular weight excluding hydrogens is 366 g/mol. The second-order valence-electron chi connectivity index (χ2n) is 7.44. The fourth-order valence-electron chi connectivity index (χ4n) is 3.86. The van der Waals surface area contributed by atoms with Gasteiger partial charge in [0, 0.05) is 34.7 Å². The zero-order chi connectivity index (χ0) is 19.7. The highest BCUT2D eigenvalue weighted by atomic mass is 32.1. The molecular formula is C23H25N3OS. The fraction of sp³-hybridized carbons (Fsp3) is 0.261. The zero-order valence-corrected chi connectivity index (χ0v) is 17.1. The van der Waals surface area contributed by atoms with E-state index in [1.807, 2.05) is 11.3 Å². The number of carbonyl (C=O) groups is 1. The molecule has 1 amide bonds. The second-order valence-corrected chi connectivity index (χ2v) is 8.50. The molecule has 0 saturated heterocycles. The van der Waals surface area contributed by atoms with Gasteiger partial charge >= 0.3 is 0 Å². The van der Waals surface area contributed by atoms with Crippen LogP contribution in [0.2, 0.25) is 0 Å². The van der Waals surface area contributed by atoms with Gasteiger partial charge in [0.15, 0.2) is 0 Å². The molecule has 0 radical (unpaired) electrons. The fourth-order valence-corrected chi connectivity index (χ4v) is 5.28. The maximum atomic E-state index is 11.3. The van der Waals surface area contributed by atoms with Crippen LogP contribution >= 0.6 is 11.3 Å². The molecule has 0 aliphatic carbocycles. The summed E-state index contributed by atoms with van der Waals surface area (Å²) in [6.07, 6.45) is 1.14. The molecule has 5 heteroatoms. The zero-order valence-electron chi connectivity index (χ0n) is 16.3. The predicted octanol–water partition coefficient (Wildman–Crippen LogP) is 4.77.